The van der Waals surface area contributed by atoms with Crippen molar-refractivity contribution < 1.29 is 14.6 Å². The molecule has 0 spiro atoms. The molecule has 2 aliphatic rings. The van der Waals surface area contributed by atoms with Crippen LogP contribution in [0, 0.1) is 6.07 Å². The lowest BCUT2D eigenvalue weighted by atomic mass is 9.62. The molecule has 2 aromatic rings. The molecule has 1 aliphatic carbocycles. The summed E-state index contributed by atoms with van der Waals surface area (Å²) in [4.78, 5) is 12.5. The number of hydrogen-bond donors (Lipinski definition) is 1. The molecule has 1 unspecified atom stereocenters. The molecule has 0 saturated carbocycles. The third-order valence-electron chi connectivity index (χ3n) is 6.35. The van der Waals surface area contributed by atoms with Gasteiger partial charge in [-0.3, -0.25) is 0 Å². The van der Waals surface area contributed by atoms with Crippen molar-refractivity contribution in [3.05, 3.63) is 50.7 Å². The van der Waals surface area contributed by atoms with E-state index in [4.69, 9.17) is 4.74 Å². The Hall–Kier alpha value is -1.81. The van der Waals surface area contributed by atoms with E-state index in [1.54, 1.807) is 0 Å². The number of carboxylic acids is 1. The van der Waals surface area contributed by atoms with Crippen LogP contribution in [0.15, 0.2) is 18.2 Å². The van der Waals surface area contributed by atoms with Crippen LogP contribution in [0.5, 0.6) is 5.75 Å². The van der Waals surface area contributed by atoms with Gasteiger partial charge in [-0.25, -0.2) is 4.79 Å². The monoisotopic (exact) mass is 369 g/mol. The molecule has 1 atom stereocenters. The van der Waals surface area contributed by atoms with E-state index >= 15 is 0 Å². The van der Waals surface area contributed by atoms with E-state index in [2.05, 4.69) is 52.8 Å². The van der Waals surface area contributed by atoms with Crippen LogP contribution in [0.25, 0.3) is 0 Å². The van der Waals surface area contributed by atoms with Gasteiger partial charge in [0.1, 0.15) is 17.2 Å². The normalized spacial score (nSPS) is 25.3. The summed E-state index contributed by atoms with van der Waals surface area (Å²) in [5.41, 5.74) is 3.93. The summed E-state index contributed by atoms with van der Waals surface area (Å²) in [5, 5.41) is 9.25. The van der Waals surface area contributed by atoms with Gasteiger partial charge in [0.05, 0.1) is 5.41 Å². The van der Waals surface area contributed by atoms with Gasteiger partial charge in [-0.15, -0.1) is 11.3 Å². The highest BCUT2D eigenvalue weighted by Gasteiger charge is 2.44. The summed E-state index contributed by atoms with van der Waals surface area (Å²) in [5.74, 6) is 0.0274. The smallest absolute Gasteiger partial charge is 0.346 e. The predicted octanol–water partition coefficient (Wildman–Crippen LogP) is 5.29. The maximum Gasteiger partial charge on any atom is 0.346 e. The Balaban J connectivity index is 1.88. The molecule has 1 aromatic heterocycles. The standard InChI is InChI=1S/C22H25O3S/c1-20(2)8-9-21(3,4)14-11-16-15(10-13(14)20)22(5,12-25-16)18-7-6-17(26-18)19(23)24/h7,10-11H,8-9,12H2,1-5H3,(H,23,24). The fraction of sp³-hybridized carbons (Fsp3) is 0.500. The van der Waals surface area contributed by atoms with E-state index in [9.17, 15) is 9.90 Å². The summed E-state index contributed by atoms with van der Waals surface area (Å²) < 4.78 is 6.11. The Morgan fingerprint density at radius 2 is 1.69 bits per heavy atom. The number of benzene rings is 1. The average Bonchev–Trinajstić information content (AvgIpc) is 3.18. The molecule has 1 aromatic carbocycles. The van der Waals surface area contributed by atoms with Crippen molar-refractivity contribution in [2.45, 2.75) is 63.7 Å². The zero-order chi connectivity index (χ0) is 18.9. The zero-order valence-corrected chi connectivity index (χ0v) is 16.8. The number of aromatic carboxylic acids is 1. The number of ether oxygens (including phenoxy) is 1. The van der Waals surface area contributed by atoms with E-state index in [1.807, 2.05) is 6.07 Å². The number of hydrogen-bond acceptors (Lipinski definition) is 3. The van der Waals surface area contributed by atoms with Crippen LogP contribution in [0.3, 0.4) is 0 Å². The first-order chi connectivity index (χ1) is 12.0. The van der Waals surface area contributed by atoms with E-state index in [1.165, 1.54) is 40.9 Å². The van der Waals surface area contributed by atoms with Crippen LogP contribution in [-0.4, -0.2) is 17.7 Å². The highest BCUT2D eigenvalue weighted by molar-refractivity contribution is 7.14. The molecule has 3 nitrogen and oxygen atoms in total. The van der Waals surface area contributed by atoms with Gasteiger partial charge >= 0.3 is 5.97 Å². The molecule has 0 amide bonds. The molecule has 137 valence electrons. The topological polar surface area (TPSA) is 46.5 Å². The first kappa shape index (κ1) is 17.6. The van der Waals surface area contributed by atoms with Crippen molar-refractivity contribution >= 4 is 17.3 Å². The minimum atomic E-state index is -0.919. The van der Waals surface area contributed by atoms with Gasteiger partial charge in [0, 0.05) is 16.5 Å². The summed E-state index contributed by atoms with van der Waals surface area (Å²) in [6.07, 6.45) is 2.34. The second kappa shape index (κ2) is 5.35. The molecule has 0 saturated heterocycles. The molecule has 4 heteroatoms. The summed E-state index contributed by atoms with van der Waals surface area (Å²) >= 11 is 1.30. The molecular formula is C22H25O3S. The molecule has 4 rings (SSSR count). The second-order valence-electron chi connectivity index (χ2n) is 9.17. The first-order valence-corrected chi connectivity index (χ1v) is 9.94. The second-order valence-corrected chi connectivity index (χ2v) is 10.2. The lowest BCUT2D eigenvalue weighted by Gasteiger charge is -2.42. The van der Waals surface area contributed by atoms with Crippen molar-refractivity contribution in [1.82, 2.24) is 0 Å². The van der Waals surface area contributed by atoms with Crippen LogP contribution in [0.1, 0.15) is 78.7 Å². The third kappa shape index (κ3) is 2.42. The predicted molar refractivity (Wildman–Crippen MR) is 104 cm³/mol. The van der Waals surface area contributed by atoms with Gasteiger partial charge < -0.3 is 9.84 Å². The number of carboxylic acid groups (broad SMARTS) is 1. The van der Waals surface area contributed by atoms with Crippen LogP contribution < -0.4 is 4.74 Å². The maximum atomic E-state index is 11.3. The quantitative estimate of drug-likeness (QED) is 0.782. The van der Waals surface area contributed by atoms with Gasteiger partial charge in [-0.1, -0.05) is 33.8 Å². The number of fused-ring (bicyclic) bond motifs is 2. The maximum absolute atomic E-state index is 11.3. The van der Waals surface area contributed by atoms with Crippen LogP contribution in [0.4, 0.5) is 0 Å². The fourth-order valence-electron chi connectivity index (χ4n) is 4.33. The van der Waals surface area contributed by atoms with Gasteiger partial charge in [0.15, 0.2) is 0 Å². The van der Waals surface area contributed by atoms with Gasteiger partial charge in [-0.05, 0) is 53.9 Å². The average molecular weight is 370 g/mol. The largest absolute Gasteiger partial charge is 0.492 e. The Bertz CT molecular complexity index is 906. The lowest BCUT2D eigenvalue weighted by molar-refractivity contribution is 0.0702. The van der Waals surface area contributed by atoms with Crippen LogP contribution in [-0.2, 0) is 16.2 Å². The van der Waals surface area contributed by atoms with Crippen molar-refractivity contribution in [2.75, 3.05) is 6.61 Å². The van der Waals surface area contributed by atoms with E-state index in [0.717, 1.165) is 10.6 Å². The van der Waals surface area contributed by atoms with Crippen LogP contribution in [0.2, 0.25) is 0 Å². The molecule has 2 heterocycles. The minimum absolute atomic E-state index is 0.136. The molecule has 1 N–H and O–H groups in total. The van der Waals surface area contributed by atoms with Crippen molar-refractivity contribution in [2.24, 2.45) is 0 Å². The van der Waals surface area contributed by atoms with Gasteiger partial charge in [0.2, 0.25) is 0 Å². The molecule has 0 bridgehead atoms. The Morgan fingerprint density at radius 1 is 1.08 bits per heavy atom. The highest BCUT2D eigenvalue weighted by Crippen LogP contribution is 2.52. The molecule has 26 heavy (non-hydrogen) atoms. The molecule has 0 fully saturated rings. The van der Waals surface area contributed by atoms with Crippen LogP contribution >= 0.6 is 11.3 Å². The number of thiophene rings is 1. The SMILES string of the molecule is CC1(C)CCC(C)(C)c2cc3c(cc21)OCC3(C)c1c[c]c(C(=O)O)s1. The van der Waals surface area contributed by atoms with Gasteiger partial charge in [0.25, 0.3) is 0 Å². The summed E-state index contributed by atoms with van der Waals surface area (Å²) in [6, 6.07) is 9.29. The summed E-state index contributed by atoms with van der Waals surface area (Å²) in [6.45, 7) is 12.0. The number of rotatable bonds is 2. The van der Waals surface area contributed by atoms with Crippen molar-refractivity contribution in [3.8, 4) is 5.75 Å². The first-order valence-electron chi connectivity index (χ1n) is 9.12. The Kier molecular flexibility index (Phi) is 3.62. The third-order valence-corrected chi connectivity index (χ3v) is 7.63. The highest BCUT2D eigenvalue weighted by atomic mass is 32.1. The van der Waals surface area contributed by atoms with E-state index in [0.29, 0.717) is 6.61 Å². The van der Waals surface area contributed by atoms with E-state index < -0.39 is 5.97 Å². The zero-order valence-electron chi connectivity index (χ0n) is 16.0. The van der Waals surface area contributed by atoms with Crippen molar-refractivity contribution in [3.63, 3.8) is 0 Å². The van der Waals surface area contributed by atoms with Crippen molar-refractivity contribution in [1.29, 1.82) is 0 Å². The molecule has 1 radical (unpaired) electrons. The molecular weight excluding hydrogens is 344 g/mol. The lowest BCUT2D eigenvalue weighted by Crippen LogP contribution is -2.34. The van der Waals surface area contributed by atoms with Gasteiger partial charge in [-0.2, -0.15) is 0 Å². The minimum Gasteiger partial charge on any atom is -0.492 e. The van der Waals surface area contributed by atoms with E-state index in [-0.39, 0.29) is 21.1 Å². The number of carbonyl (C=O) groups is 1. The molecule has 1 aliphatic heterocycles. The summed E-state index contributed by atoms with van der Waals surface area (Å²) in [7, 11) is 0. The Labute approximate surface area is 159 Å². The fourth-order valence-corrected chi connectivity index (χ4v) is 5.26. The Morgan fingerprint density at radius 3 is 2.27 bits per heavy atom.